The van der Waals surface area contributed by atoms with Gasteiger partial charge in [0.2, 0.25) is 0 Å². The monoisotopic (exact) mass is 502 g/mol. The Bertz CT molecular complexity index is 1250. The summed E-state index contributed by atoms with van der Waals surface area (Å²) in [5, 5.41) is 12.2. The largest absolute Gasteiger partial charge is 0.497 e. The maximum absolute atomic E-state index is 13.0. The van der Waals surface area contributed by atoms with E-state index < -0.39 is 23.9 Å². The lowest BCUT2D eigenvalue weighted by atomic mass is 9.84. The number of hydrogen-bond donors (Lipinski definition) is 1. The van der Waals surface area contributed by atoms with E-state index in [1.165, 1.54) is 12.0 Å². The number of ether oxygens (including phenoxy) is 3. The molecule has 1 N–H and O–H groups in total. The topological polar surface area (TPSA) is 102 Å². The second-order valence-electron chi connectivity index (χ2n) is 8.66. The van der Waals surface area contributed by atoms with Crippen LogP contribution in [0.4, 0.5) is 15.3 Å². The molecule has 0 aliphatic carbocycles. The average Bonchev–Trinajstić information content (AvgIpc) is 3.30. The number of hydrogen-bond acceptors (Lipinski definition) is 7. The molecule has 4 rings (SSSR count). The summed E-state index contributed by atoms with van der Waals surface area (Å²) in [6.07, 6.45) is -1.74. The number of aryl methyl sites for hydroxylation is 1. The van der Waals surface area contributed by atoms with Crippen molar-refractivity contribution in [3.8, 4) is 5.75 Å². The fraction of sp³-hybridized carbons (Fsp3) is 0.286. The van der Waals surface area contributed by atoms with Gasteiger partial charge in [0.25, 0.3) is 0 Å². The van der Waals surface area contributed by atoms with Gasteiger partial charge >= 0.3 is 12.2 Å². The first-order chi connectivity index (χ1) is 18.0. The van der Waals surface area contributed by atoms with Crippen molar-refractivity contribution in [1.29, 1.82) is 0 Å². The van der Waals surface area contributed by atoms with Crippen molar-refractivity contribution >= 4 is 17.9 Å². The van der Waals surface area contributed by atoms with Gasteiger partial charge in [-0.15, -0.1) is 0 Å². The molecular formula is C28H30N4O5. The van der Waals surface area contributed by atoms with Crippen LogP contribution in [0.3, 0.4) is 0 Å². The number of carbonyl (C=O) groups excluding carboxylic acids is 2. The normalized spacial score (nSPS) is 19.0. The summed E-state index contributed by atoms with van der Waals surface area (Å²) in [4.78, 5) is 27.2. The average molecular weight is 503 g/mol. The van der Waals surface area contributed by atoms with Crippen LogP contribution in [0, 0.1) is 6.92 Å². The van der Waals surface area contributed by atoms with Crippen molar-refractivity contribution in [2.75, 3.05) is 20.8 Å². The van der Waals surface area contributed by atoms with Gasteiger partial charge in [0.1, 0.15) is 24.1 Å². The fourth-order valence-corrected chi connectivity index (χ4v) is 4.50. The molecule has 1 heterocycles. The third-order valence-electron chi connectivity index (χ3n) is 6.40. The van der Waals surface area contributed by atoms with Gasteiger partial charge in [-0.3, -0.25) is 10.2 Å². The summed E-state index contributed by atoms with van der Waals surface area (Å²) in [6.45, 7) is 2.35. The Morgan fingerprint density at radius 3 is 2.38 bits per heavy atom. The zero-order valence-corrected chi connectivity index (χ0v) is 21.1. The van der Waals surface area contributed by atoms with Crippen LogP contribution in [0.2, 0.25) is 0 Å². The third kappa shape index (κ3) is 5.72. The van der Waals surface area contributed by atoms with Crippen LogP contribution >= 0.6 is 0 Å². The zero-order chi connectivity index (χ0) is 26.3. The summed E-state index contributed by atoms with van der Waals surface area (Å²) in [6, 6.07) is 24.3. The molecule has 0 spiro atoms. The highest BCUT2D eigenvalue weighted by atomic mass is 16.6. The SMILES string of the molecule is COC(=O)N1CC[C@](N=Nc2ccc(OC)cc2)(c2ccccc2C)C1NC(=O)OCc1ccccc1. The summed E-state index contributed by atoms with van der Waals surface area (Å²) >= 11 is 0. The second-order valence-corrected chi connectivity index (χ2v) is 8.66. The summed E-state index contributed by atoms with van der Waals surface area (Å²) in [7, 11) is 2.90. The predicted octanol–water partition coefficient (Wildman–Crippen LogP) is 5.71. The molecule has 1 unspecified atom stereocenters. The number of methoxy groups -OCH3 is 2. The van der Waals surface area contributed by atoms with Gasteiger partial charge in [-0.05, 0) is 47.9 Å². The van der Waals surface area contributed by atoms with Crippen LogP contribution in [0.15, 0.2) is 89.1 Å². The Balaban J connectivity index is 1.70. The standard InChI is InChI=1S/C28H30N4O5/c1-20-9-7-8-12-24(20)28(31-30-22-13-15-23(35-2)16-14-22)17-18-32(27(34)36-3)25(28)29-26(33)37-19-21-10-5-4-6-11-21/h4-16,25H,17-19H2,1-3H3,(H,29,33)/t25?,28-/m0/s1. The molecule has 1 aliphatic heterocycles. The molecule has 37 heavy (non-hydrogen) atoms. The zero-order valence-electron chi connectivity index (χ0n) is 21.1. The van der Waals surface area contributed by atoms with E-state index in [4.69, 9.17) is 19.3 Å². The van der Waals surface area contributed by atoms with E-state index in [1.54, 1.807) is 31.4 Å². The summed E-state index contributed by atoms with van der Waals surface area (Å²) < 4.78 is 15.7. The smallest absolute Gasteiger partial charge is 0.411 e. The Morgan fingerprint density at radius 1 is 1.00 bits per heavy atom. The minimum atomic E-state index is -1.08. The number of azo groups is 1. The van der Waals surface area contributed by atoms with Crippen LogP contribution in [-0.2, 0) is 21.6 Å². The maximum Gasteiger partial charge on any atom is 0.411 e. The fourth-order valence-electron chi connectivity index (χ4n) is 4.50. The molecule has 192 valence electrons. The van der Waals surface area contributed by atoms with Crippen LogP contribution < -0.4 is 10.1 Å². The molecule has 0 aromatic heterocycles. The van der Waals surface area contributed by atoms with E-state index in [-0.39, 0.29) is 6.61 Å². The van der Waals surface area contributed by atoms with E-state index >= 15 is 0 Å². The number of nitrogens with zero attached hydrogens (tertiary/aromatic N) is 3. The number of carbonyl (C=O) groups is 2. The van der Waals surface area contributed by atoms with E-state index in [1.807, 2.05) is 61.5 Å². The molecule has 1 fully saturated rings. The van der Waals surface area contributed by atoms with E-state index in [9.17, 15) is 9.59 Å². The predicted molar refractivity (Wildman–Crippen MR) is 138 cm³/mol. The van der Waals surface area contributed by atoms with Crippen molar-refractivity contribution in [2.24, 2.45) is 10.2 Å². The van der Waals surface area contributed by atoms with Crippen molar-refractivity contribution in [3.05, 3.63) is 95.6 Å². The minimum Gasteiger partial charge on any atom is -0.497 e. The summed E-state index contributed by atoms with van der Waals surface area (Å²) in [5.41, 5.74) is 2.17. The number of amides is 2. The van der Waals surface area contributed by atoms with Crippen molar-refractivity contribution in [2.45, 2.75) is 31.7 Å². The Morgan fingerprint density at radius 2 is 1.70 bits per heavy atom. The molecule has 0 bridgehead atoms. The molecule has 3 aromatic rings. The quantitative estimate of drug-likeness (QED) is 0.417. The van der Waals surface area contributed by atoms with Gasteiger partial charge in [0.15, 0.2) is 0 Å². The molecule has 9 heteroatoms. The van der Waals surface area contributed by atoms with E-state index in [2.05, 4.69) is 10.4 Å². The van der Waals surface area contributed by atoms with Crippen LogP contribution in [-0.4, -0.2) is 44.0 Å². The van der Waals surface area contributed by atoms with Gasteiger partial charge in [-0.2, -0.15) is 10.2 Å². The highest BCUT2D eigenvalue weighted by Gasteiger charge is 2.53. The van der Waals surface area contributed by atoms with Crippen molar-refractivity contribution in [3.63, 3.8) is 0 Å². The molecule has 2 atom stereocenters. The van der Waals surface area contributed by atoms with Crippen LogP contribution in [0.5, 0.6) is 5.75 Å². The van der Waals surface area contributed by atoms with Crippen molar-refractivity contribution in [1.82, 2.24) is 10.2 Å². The maximum atomic E-state index is 13.0. The van der Waals surface area contributed by atoms with Gasteiger partial charge in [0.05, 0.1) is 19.9 Å². The summed E-state index contributed by atoms with van der Waals surface area (Å²) in [5.74, 6) is 0.700. The van der Waals surface area contributed by atoms with Gasteiger partial charge in [-0.25, -0.2) is 9.59 Å². The number of nitrogens with one attached hydrogen (secondary N) is 1. The lowest BCUT2D eigenvalue weighted by molar-refractivity contribution is 0.0881. The number of likely N-dealkylation sites (tertiary alicyclic amines) is 1. The molecule has 0 saturated carbocycles. The second kappa shape index (κ2) is 11.6. The minimum absolute atomic E-state index is 0.0857. The molecule has 0 radical (unpaired) electrons. The molecule has 9 nitrogen and oxygen atoms in total. The highest BCUT2D eigenvalue weighted by molar-refractivity contribution is 5.72. The number of alkyl carbamates (subject to hydrolysis) is 1. The highest BCUT2D eigenvalue weighted by Crippen LogP contribution is 2.43. The number of rotatable bonds is 7. The Labute approximate surface area is 216 Å². The van der Waals surface area contributed by atoms with Gasteiger partial charge in [-0.1, -0.05) is 54.6 Å². The molecular weight excluding hydrogens is 472 g/mol. The first kappa shape index (κ1) is 25.7. The first-order valence-corrected chi connectivity index (χ1v) is 11.9. The Kier molecular flexibility index (Phi) is 8.02. The van der Waals surface area contributed by atoms with Crippen LogP contribution in [0.25, 0.3) is 0 Å². The van der Waals surface area contributed by atoms with Crippen LogP contribution in [0.1, 0.15) is 23.1 Å². The van der Waals surface area contributed by atoms with Crippen molar-refractivity contribution < 1.29 is 23.8 Å². The van der Waals surface area contributed by atoms with E-state index in [0.717, 1.165) is 16.7 Å². The molecule has 2 amide bonds. The number of benzene rings is 3. The van der Waals surface area contributed by atoms with E-state index in [0.29, 0.717) is 24.4 Å². The molecule has 3 aromatic carbocycles. The molecule has 1 saturated heterocycles. The first-order valence-electron chi connectivity index (χ1n) is 11.9. The lowest BCUT2D eigenvalue weighted by Gasteiger charge is -2.35. The van der Waals surface area contributed by atoms with Gasteiger partial charge < -0.3 is 14.2 Å². The Hall–Kier alpha value is -4.40. The lowest BCUT2D eigenvalue weighted by Crippen LogP contribution is -2.55. The molecule has 1 aliphatic rings. The third-order valence-corrected chi connectivity index (χ3v) is 6.40. The van der Waals surface area contributed by atoms with Gasteiger partial charge in [0, 0.05) is 13.0 Å².